The summed E-state index contributed by atoms with van der Waals surface area (Å²) in [7, 11) is 0. The lowest BCUT2D eigenvalue weighted by atomic mass is 10.2. The van der Waals surface area contributed by atoms with Gasteiger partial charge in [-0.3, -0.25) is 15.1 Å². The van der Waals surface area contributed by atoms with E-state index in [4.69, 9.17) is 17.0 Å². The molecule has 3 aromatic rings. The fourth-order valence-electron chi connectivity index (χ4n) is 2.98. The summed E-state index contributed by atoms with van der Waals surface area (Å²) in [5.41, 5.74) is 1.60. The molecule has 27 heavy (non-hydrogen) atoms. The van der Waals surface area contributed by atoms with E-state index >= 15 is 0 Å². The van der Waals surface area contributed by atoms with Crippen LogP contribution in [0, 0.1) is 5.41 Å². The molecular weight excluding hydrogens is 400 g/mol. The van der Waals surface area contributed by atoms with E-state index < -0.39 is 0 Å². The first-order valence-corrected chi connectivity index (χ1v) is 10.6. The van der Waals surface area contributed by atoms with Gasteiger partial charge in [-0.05, 0) is 36.8 Å². The highest BCUT2D eigenvalue weighted by Gasteiger charge is 2.28. The lowest BCUT2D eigenvalue weighted by Gasteiger charge is -2.31. The number of carbonyl (C=O) groups is 1. The molecule has 0 radical (unpaired) electrons. The molecule has 8 heteroatoms. The molecule has 4 rings (SSSR count). The summed E-state index contributed by atoms with van der Waals surface area (Å²) in [5, 5.41) is 14.0. The van der Waals surface area contributed by atoms with E-state index in [1.54, 1.807) is 16.7 Å². The molecule has 0 aliphatic carbocycles. The predicted octanol–water partition coefficient (Wildman–Crippen LogP) is 4.86. The smallest absolute Gasteiger partial charge is 0.253 e. The highest BCUT2D eigenvalue weighted by molar-refractivity contribution is 7.99. The lowest BCUT2D eigenvalue weighted by molar-refractivity contribution is -0.118. The molecule has 0 bridgehead atoms. The highest BCUT2D eigenvalue weighted by atomic mass is 35.5. The summed E-state index contributed by atoms with van der Waals surface area (Å²) in [6.07, 6.45) is 1.78. The third-order valence-electron chi connectivity index (χ3n) is 4.17. The third kappa shape index (κ3) is 3.54. The largest absolute Gasteiger partial charge is 0.277 e. The molecule has 2 aromatic carbocycles. The Balaban J connectivity index is 1.73. The number of halogens is 1. The van der Waals surface area contributed by atoms with Gasteiger partial charge in [0.1, 0.15) is 11.6 Å². The van der Waals surface area contributed by atoms with Crippen LogP contribution in [0.4, 0.5) is 11.4 Å². The molecule has 0 saturated heterocycles. The number of benzene rings is 2. The van der Waals surface area contributed by atoms with Crippen LogP contribution in [0.15, 0.2) is 52.3 Å². The van der Waals surface area contributed by atoms with E-state index in [1.165, 1.54) is 16.0 Å². The SMILES string of the molecule is CCCc1nn(CC(=O)N2c3ccccc3Sc3ccc(Cl)cc32)c(=N)s1. The van der Waals surface area contributed by atoms with E-state index in [0.29, 0.717) is 5.02 Å². The molecule has 0 spiro atoms. The molecule has 138 valence electrons. The van der Waals surface area contributed by atoms with Crippen LogP contribution in [0.3, 0.4) is 0 Å². The standard InChI is InChI=1S/C19H17ClN4OS2/c1-2-5-17-22-23(19(21)27-17)11-18(25)24-13-6-3-4-7-15(13)26-16-9-8-12(20)10-14(16)24/h3-4,6-10,21H,2,5,11H2,1H3. The Bertz CT molecular complexity index is 1080. The molecule has 1 aliphatic heterocycles. The van der Waals surface area contributed by atoms with Gasteiger partial charge in [0.15, 0.2) is 0 Å². The number of amides is 1. The van der Waals surface area contributed by atoms with Gasteiger partial charge in [0.05, 0.1) is 11.4 Å². The van der Waals surface area contributed by atoms with Crippen molar-refractivity contribution >= 4 is 52.0 Å². The van der Waals surface area contributed by atoms with Crippen molar-refractivity contribution in [1.29, 1.82) is 5.41 Å². The summed E-state index contributed by atoms with van der Waals surface area (Å²) in [5.74, 6) is -0.141. The summed E-state index contributed by atoms with van der Waals surface area (Å²) in [6, 6.07) is 13.4. The Labute approximate surface area is 170 Å². The number of hydrogen-bond acceptors (Lipinski definition) is 5. The zero-order valence-electron chi connectivity index (χ0n) is 14.6. The van der Waals surface area contributed by atoms with Gasteiger partial charge in [-0.15, -0.1) is 0 Å². The fraction of sp³-hybridized carbons (Fsp3) is 0.211. The quantitative estimate of drug-likeness (QED) is 0.660. The first-order valence-electron chi connectivity index (χ1n) is 8.57. The maximum absolute atomic E-state index is 13.3. The van der Waals surface area contributed by atoms with E-state index in [0.717, 1.165) is 39.0 Å². The van der Waals surface area contributed by atoms with Gasteiger partial charge in [0.25, 0.3) is 5.91 Å². The van der Waals surface area contributed by atoms with Gasteiger partial charge in [0.2, 0.25) is 4.80 Å². The van der Waals surface area contributed by atoms with Crippen LogP contribution < -0.4 is 9.70 Å². The van der Waals surface area contributed by atoms with Crippen LogP contribution in [0.2, 0.25) is 5.02 Å². The zero-order chi connectivity index (χ0) is 19.0. The van der Waals surface area contributed by atoms with Crippen molar-refractivity contribution in [1.82, 2.24) is 9.78 Å². The molecule has 1 aromatic heterocycles. The molecule has 1 N–H and O–H groups in total. The van der Waals surface area contributed by atoms with Gasteiger partial charge >= 0.3 is 0 Å². The molecule has 0 fully saturated rings. The number of rotatable bonds is 4. The van der Waals surface area contributed by atoms with Crippen LogP contribution in [0.5, 0.6) is 0 Å². The first-order chi connectivity index (χ1) is 13.1. The van der Waals surface area contributed by atoms with Crippen molar-refractivity contribution in [2.24, 2.45) is 0 Å². The fourth-order valence-corrected chi connectivity index (χ4v) is 5.07. The van der Waals surface area contributed by atoms with Crippen molar-refractivity contribution in [3.63, 3.8) is 0 Å². The van der Waals surface area contributed by atoms with Crippen molar-refractivity contribution in [3.8, 4) is 0 Å². The van der Waals surface area contributed by atoms with Crippen LogP contribution in [-0.2, 0) is 17.8 Å². The summed E-state index contributed by atoms with van der Waals surface area (Å²) >= 11 is 9.15. The average Bonchev–Trinajstić information content (AvgIpc) is 2.99. The Kier molecular flexibility index (Phi) is 5.08. The van der Waals surface area contributed by atoms with E-state index in [1.807, 2.05) is 42.5 Å². The third-order valence-corrected chi connectivity index (χ3v) is 6.46. The molecule has 0 saturated carbocycles. The van der Waals surface area contributed by atoms with Crippen LogP contribution in [-0.4, -0.2) is 15.7 Å². The monoisotopic (exact) mass is 416 g/mol. The number of nitrogens with one attached hydrogen (secondary N) is 1. The number of aromatic nitrogens is 2. The van der Waals surface area contributed by atoms with Crippen molar-refractivity contribution in [2.45, 2.75) is 36.1 Å². The Morgan fingerprint density at radius 2 is 1.96 bits per heavy atom. The minimum Gasteiger partial charge on any atom is -0.277 e. The molecule has 0 atom stereocenters. The predicted molar refractivity (Wildman–Crippen MR) is 109 cm³/mol. The van der Waals surface area contributed by atoms with E-state index in [-0.39, 0.29) is 17.3 Å². The van der Waals surface area contributed by atoms with Gasteiger partial charge in [-0.1, -0.05) is 53.8 Å². The lowest BCUT2D eigenvalue weighted by Crippen LogP contribution is -2.34. The average molecular weight is 417 g/mol. The number of para-hydroxylation sites is 1. The maximum atomic E-state index is 13.3. The van der Waals surface area contributed by atoms with Crippen molar-refractivity contribution in [2.75, 3.05) is 4.90 Å². The first kappa shape index (κ1) is 18.3. The molecular formula is C19H17ClN4OS2. The Morgan fingerprint density at radius 1 is 1.19 bits per heavy atom. The van der Waals surface area contributed by atoms with Crippen LogP contribution in [0.25, 0.3) is 0 Å². The number of hydrogen-bond donors (Lipinski definition) is 1. The number of nitrogens with zero attached hydrogens (tertiary/aromatic N) is 3. The van der Waals surface area contributed by atoms with Crippen molar-refractivity contribution < 1.29 is 4.79 Å². The molecule has 1 amide bonds. The highest BCUT2D eigenvalue weighted by Crippen LogP contribution is 2.48. The second-order valence-electron chi connectivity index (χ2n) is 6.12. The van der Waals surface area contributed by atoms with E-state index in [2.05, 4.69) is 12.0 Å². The topological polar surface area (TPSA) is 62.0 Å². The normalized spacial score (nSPS) is 12.6. The molecule has 1 aliphatic rings. The minimum atomic E-state index is -0.141. The van der Waals surface area contributed by atoms with Gasteiger partial charge in [0, 0.05) is 21.2 Å². The minimum absolute atomic E-state index is 0.0179. The van der Waals surface area contributed by atoms with E-state index in [9.17, 15) is 4.79 Å². The molecule has 2 heterocycles. The van der Waals surface area contributed by atoms with Gasteiger partial charge in [-0.25, -0.2) is 4.68 Å². The summed E-state index contributed by atoms with van der Waals surface area (Å²) in [6.45, 7) is 2.09. The summed E-state index contributed by atoms with van der Waals surface area (Å²) in [4.78, 5) is 17.2. The van der Waals surface area contributed by atoms with Crippen molar-refractivity contribution in [3.05, 3.63) is 57.3 Å². The number of aryl methyl sites for hydroxylation is 1. The van der Waals surface area contributed by atoms with Gasteiger partial charge < -0.3 is 0 Å². The second-order valence-corrected chi connectivity index (χ2v) is 8.70. The van der Waals surface area contributed by atoms with Crippen LogP contribution in [0.1, 0.15) is 18.4 Å². The van der Waals surface area contributed by atoms with Crippen LogP contribution >= 0.6 is 34.7 Å². The number of carbonyl (C=O) groups excluding carboxylic acids is 1. The Hall–Kier alpha value is -2.09. The maximum Gasteiger partial charge on any atom is 0.253 e. The zero-order valence-corrected chi connectivity index (χ0v) is 17.0. The number of fused-ring (bicyclic) bond motifs is 2. The molecule has 5 nitrogen and oxygen atoms in total. The molecule has 0 unspecified atom stereocenters. The van der Waals surface area contributed by atoms with Gasteiger partial charge in [-0.2, -0.15) is 5.10 Å². The second kappa shape index (κ2) is 7.50. The summed E-state index contributed by atoms with van der Waals surface area (Å²) < 4.78 is 1.48. The number of anilines is 2. The Morgan fingerprint density at radius 3 is 2.78 bits per heavy atom.